The summed E-state index contributed by atoms with van der Waals surface area (Å²) in [7, 11) is -17.8. The van der Waals surface area contributed by atoms with E-state index in [0.29, 0.717) is 23.6 Å². The van der Waals surface area contributed by atoms with Gasteiger partial charge >= 0.3 is 579 Å². The molecule has 1 N–H and O–H groups in total. The average Bonchev–Trinajstić information content (AvgIpc) is 0.802. The maximum atomic E-state index is 19.2. The van der Waals surface area contributed by atoms with Crippen molar-refractivity contribution in [2.75, 3.05) is 12.4 Å². The zero-order valence-electron chi connectivity index (χ0n) is 58.8. The van der Waals surface area contributed by atoms with Crippen LogP contribution in [0.15, 0.2) is 418 Å². The minimum atomic E-state index is -4.62. The van der Waals surface area contributed by atoms with Crippen molar-refractivity contribution in [3.05, 3.63) is 418 Å². The molecule has 0 radical (unpaired) electrons. The number of hydrogen-bond acceptors (Lipinski definition) is 6. The molecule has 0 aliphatic carbocycles. The Morgan fingerprint density at radius 3 is 0.933 bits per heavy atom. The van der Waals surface area contributed by atoms with Crippen LogP contribution in [0, 0.1) is 0 Å². The van der Waals surface area contributed by atoms with Gasteiger partial charge in [0.1, 0.15) is 0 Å². The molecule has 1 unspecified atom stereocenters. The minimum absolute atomic E-state index is 0.214. The van der Waals surface area contributed by atoms with Crippen LogP contribution in [-0.4, -0.2) is 46.9 Å². The molecule has 1 atom stereocenters. The van der Waals surface area contributed by atoms with E-state index in [1.165, 1.54) is 15.9 Å². The predicted molar refractivity (Wildman–Crippen MR) is 459 cm³/mol. The zero-order chi connectivity index (χ0) is 71.2. The summed E-state index contributed by atoms with van der Waals surface area (Å²) in [5.74, 6) is 0.517. The first-order chi connectivity index (χ1) is 51.9. The van der Waals surface area contributed by atoms with Crippen molar-refractivity contribution in [3.63, 3.8) is 0 Å². The fraction of sp³-hybridized carbons (Fsp3) is 0.0638. The number of thioether (sulfide) groups is 1. The van der Waals surface area contributed by atoms with Crippen molar-refractivity contribution in [2.24, 2.45) is 0 Å². The number of pyridine rings is 1. The zero-order valence-corrected chi connectivity index (χ0v) is 63.6. The summed E-state index contributed by atoms with van der Waals surface area (Å²) in [5.41, 5.74) is 1.71. The molecular formula is C94H83N5OP4S. The van der Waals surface area contributed by atoms with Gasteiger partial charge in [-0.3, -0.25) is 0 Å². The van der Waals surface area contributed by atoms with E-state index in [2.05, 4.69) is 407 Å². The number of nitrogens with zero attached hydrogens (tertiary/aromatic N) is 5. The molecule has 11 heteroatoms. The van der Waals surface area contributed by atoms with E-state index in [1.807, 2.05) is 23.3 Å². The van der Waals surface area contributed by atoms with Crippen LogP contribution < -0.4 is 63.7 Å². The van der Waals surface area contributed by atoms with E-state index in [0.717, 1.165) is 74.8 Å². The van der Waals surface area contributed by atoms with Crippen LogP contribution in [0.4, 0.5) is 0 Å². The molecule has 13 aromatic carbocycles. The molecule has 16 rings (SSSR count). The van der Waals surface area contributed by atoms with E-state index < -0.39 is 39.3 Å². The van der Waals surface area contributed by atoms with Crippen molar-refractivity contribution in [1.29, 1.82) is 0 Å². The number of aryl methyl sites for hydroxylation is 1. The number of rotatable bonds is 23. The normalized spacial score (nSPS) is 13.8. The quantitative estimate of drug-likeness (QED) is 0.0508. The molecule has 516 valence electrons. The Bertz CT molecular complexity index is 4850. The van der Waals surface area contributed by atoms with E-state index in [4.69, 9.17) is 20.1 Å². The maximum absolute atomic E-state index is 19.2. The van der Waals surface area contributed by atoms with E-state index in [9.17, 15) is 0 Å². The Morgan fingerprint density at radius 2 is 0.648 bits per heavy atom. The van der Waals surface area contributed by atoms with Crippen LogP contribution in [0.5, 0.6) is 0 Å². The monoisotopic (exact) mass is 1450 g/mol. The van der Waals surface area contributed by atoms with Gasteiger partial charge in [-0.25, -0.2) is 0 Å². The Labute approximate surface area is 623 Å². The van der Waals surface area contributed by atoms with E-state index in [-0.39, 0.29) is 6.16 Å². The molecule has 0 spiro atoms. The molecule has 105 heavy (non-hydrogen) atoms. The fourth-order valence-electron chi connectivity index (χ4n) is 18.3. The molecule has 0 aliphatic rings. The van der Waals surface area contributed by atoms with Crippen molar-refractivity contribution in [3.8, 4) is 22.8 Å². The molecule has 0 aliphatic heterocycles. The number of fused-ring (bicyclic) bond motifs is 1. The van der Waals surface area contributed by atoms with Crippen LogP contribution in [-0.2, 0) is 12.1 Å². The molecule has 3 aromatic heterocycles. The van der Waals surface area contributed by atoms with E-state index in [1.54, 1.807) is 11.8 Å². The summed E-state index contributed by atoms with van der Waals surface area (Å²) in [6.45, 7) is 2.81. The SMILES string of the molecule is CCn1nc(-c2ncc(-c3cc(C(O)(C[PH](c4ccccc4)(c4ccccc4)c4ccccc4)C([PH](c4ccccc4)(c4ccccc4)c4ccccc4)([PH](c4ccccc4)(c4ccccc4)c4ccccc4)[PH](c4ccccc4)(c4ccccc4)c4ccccc4)ccn3)cn2)c2cc(SC)ccc21. The van der Waals surface area contributed by atoms with Crippen molar-refractivity contribution in [1.82, 2.24) is 24.7 Å². The second-order valence-electron chi connectivity index (χ2n) is 27.1. The molecule has 0 saturated heterocycles. The third kappa shape index (κ3) is 11.4. The molecule has 0 amide bonds. The third-order valence-electron chi connectivity index (χ3n) is 22.1. The van der Waals surface area contributed by atoms with Gasteiger partial charge < -0.3 is 0 Å². The van der Waals surface area contributed by atoms with Gasteiger partial charge in [-0.05, 0) is 25.3 Å². The number of aromatic nitrogens is 5. The molecule has 3 heterocycles. The van der Waals surface area contributed by atoms with E-state index >= 15 is 5.11 Å². The average molecular weight is 1450 g/mol. The van der Waals surface area contributed by atoms with Gasteiger partial charge in [0.2, 0.25) is 0 Å². The molecule has 0 saturated carbocycles. The second-order valence-corrected chi connectivity index (χ2v) is 45.3. The fourth-order valence-corrected chi connectivity index (χ4v) is 54.7. The summed E-state index contributed by atoms with van der Waals surface area (Å²) >= 11 is 1.70. The van der Waals surface area contributed by atoms with Gasteiger partial charge in [0, 0.05) is 11.4 Å². The predicted octanol–water partition coefficient (Wildman–Crippen LogP) is 16.0. The molecule has 0 fully saturated rings. The van der Waals surface area contributed by atoms with Gasteiger partial charge in [-0.2, -0.15) is 0 Å². The van der Waals surface area contributed by atoms with Crippen LogP contribution in [0.25, 0.3) is 33.7 Å². The van der Waals surface area contributed by atoms with Gasteiger partial charge in [-0.15, -0.1) is 11.8 Å². The Morgan fingerprint density at radius 1 is 0.352 bits per heavy atom. The Hall–Kier alpha value is -10.4. The Kier molecular flexibility index (Phi) is 19.7. The molecular weight excluding hydrogens is 1370 g/mol. The van der Waals surface area contributed by atoms with Crippen LogP contribution in [0.2, 0.25) is 0 Å². The summed E-state index contributed by atoms with van der Waals surface area (Å²) in [5, 5.41) is 39.3. The molecule has 6 nitrogen and oxygen atoms in total. The second kappa shape index (κ2) is 30.0. The van der Waals surface area contributed by atoms with Crippen molar-refractivity contribution >= 4 is 115 Å². The summed E-state index contributed by atoms with van der Waals surface area (Å²) in [6, 6.07) is 149. The summed E-state index contributed by atoms with van der Waals surface area (Å²) in [6.07, 6.45) is 8.11. The standard InChI is InChI=1S/C94H83N5OP4S/c1-3-99-90-65-64-87(105-2)69-88(90)91(98-99)92-96-70-73(71-97-92)89-68-74(66-67-95-89)93(100,72-101(75-40-16-4-17-41-75,76-42-18-5-19-43-76)77-44-20-6-21-45-77)94(102(78-46-22-7-23-47-78,79-48-24-8-25-49-79)80-50-26-9-27-51-80,103(81-52-28-10-29-53-81,82-54-30-11-31-55-82)83-56-32-12-33-57-83)104(84-58-34-13-35-59-84,85-60-36-14-37-61-85)86-62-38-15-39-63-86/h4-71,100-104H,3,72H2,1-2H3. The molecule has 0 bridgehead atoms. The number of hydrogen-bond donors (Lipinski definition) is 1. The van der Waals surface area contributed by atoms with Gasteiger partial charge in [0.15, 0.2) is 0 Å². The van der Waals surface area contributed by atoms with Crippen molar-refractivity contribution < 1.29 is 5.11 Å². The van der Waals surface area contributed by atoms with Gasteiger partial charge in [-0.1, -0.05) is 0 Å². The van der Waals surface area contributed by atoms with Gasteiger partial charge in [0.05, 0.1) is 0 Å². The van der Waals surface area contributed by atoms with Gasteiger partial charge in [0.25, 0.3) is 0 Å². The molecule has 16 aromatic rings. The minimum Gasteiger partial charge on any atom is -0.130 e. The first-order valence-corrected chi connectivity index (χ1v) is 45.5. The van der Waals surface area contributed by atoms with Crippen LogP contribution in [0.3, 0.4) is 0 Å². The summed E-state index contributed by atoms with van der Waals surface area (Å²) < 4.78 is 0.493. The first-order valence-electron chi connectivity index (χ1n) is 36.1. The Balaban J connectivity index is 1.24. The van der Waals surface area contributed by atoms with Crippen LogP contribution >= 0.6 is 40.8 Å². The van der Waals surface area contributed by atoms with Crippen molar-refractivity contribution in [2.45, 2.75) is 28.6 Å². The summed E-state index contributed by atoms with van der Waals surface area (Å²) in [4.78, 5) is 17.3. The number of aliphatic hydroxyl groups is 1. The third-order valence-corrected chi connectivity index (χ3v) is 50.0. The topological polar surface area (TPSA) is 76.7 Å². The number of benzene rings is 13. The smallest absolute Gasteiger partial charge is 0.130 e. The first kappa shape index (κ1) is 69.0. The van der Waals surface area contributed by atoms with Crippen LogP contribution in [0.1, 0.15) is 12.5 Å².